The molecule has 0 aliphatic carbocycles. The second-order valence-electron chi connectivity index (χ2n) is 13.6. The predicted molar refractivity (Wildman–Crippen MR) is 185 cm³/mol. The first-order chi connectivity index (χ1) is 24.3. The summed E-state index contributed by atoms with van der Waals surface area (Å²) in [6.07, 6.45) is -4.77. The summed E-state index contributed by atoms with van der Waals surface area (Å²) in [5.41, 5.74) is -1.65. The third-order valence-corrected chi connectivity index (χ3v) is 10.4. The number of aliphatic imine (C=N–C) groups is 1. The molecule has 2 aliphatic heterocycles. The van der Waals surface area contributed by atoms with Gasteiger partial charge in [-0.25, -0.2) is 22.5 Å². The minimum absolute atomic E-state index is 0.0727. The summed E-state index contributed by atoms with van der Waals surface area (Å²) in [4.78, 5) is 30.2. The van der Waals surface area contributed by atoms with Crippen LogP contribution in [-0.2, 0) is 41.6 Å². The van der Waals surface area contributed by atoms with Crippen molar-refractivity contribution in [1.29, 1.82) is 0 Å². The minimum atomic E-state index is -4.77. The van der Waals surface area contributed by atoms with Gasteiger partial charge in [0.25, 0.3) is 5.91 Å². The van der Waals surface area contributed by atoms with Crippen LogP contribution < -0.4 is 10.1 Å². The number of carbonyl (C=O) groups is 2. The Kier molecular flexibility index (Phi) is 13.5. The Bertz CT molecular complexity index is 1720. The van der Waals surface area contributed by atoms with E-state index in [-0.39, 0.29) is 74.3 Å². The number of ether oxygens (including phenoxy) is 4. The van der Waals surface area contributed by atoms with Gasteiger partial charge in [-0.3, -0.25) is 10.0 Å². The van der Waals surface area contributed by atoms with Crippen molar-refractivity contribution >= 4 is 27.7 Å². The first-order valence-corrected chi connectivity index (χ1v) is 18.6. The molecule has 0 bridgehead atoms. The van der Waals surface area contributed by atoms with Crippen LogP contribution in [0.15, 0.2) is 41.4 Å². The van der Waals surface area contributed by atoms with Crippen molar-refractivity contribution in [3.05, 3.63) is 64.2 Å². The van der Waals surface area contributed by atoms with Crippen LogP contribution in [0.5, 0.6) is 5.75 Å². The number of sulfonamides is 1. The molecule has 4 rings (SSSR count). The lowest BCUT2D eigenvalue weighted by Crippen LogP contribution is -2.51. The lowest BCUT2D eigenvalue weighted by Gasteiger charge is -2.35. The number of piperidine rings is 1. The Labute approximate surface area is 302 Å². The van der Waals surface area contributed by atoms with E-state index in [1.165, 1.54) is 10.4 Å². The summed E-state index contributed by atoms with van der Waals surface area (Å²) < 4.78 is 91.2. The van der Waals surface area contributed by atoms with E-state index in [4.69, 9.17) is 18.9 Å². The number of hydrogen-bond acceptors (Lipinski definition) is 11. The highest BCUT2D eigenvalue weighted by Gasteiger charge is 2.51. The molecule has 2 heterocycles. The van der Waals surface area contributed by atoms with Crippen LogP contribution in [0.25, 0.3) is 0 Å². The van der Waals surface area contributed by atoms with Crippen LogP contribution in [0, 0.1) is 6.92 Å². The molecule has 0 aromatic heterocycles. The van der Waals surface area contributed by atoms with E-state index in [1.807, 2.05) is 0 Å². The standard InChI is InChI=1S/C35H47F3N4O9S/c1-24-20-26(31(43)51-33(2,3)4)7-6-25(24)8-19-52(46,47)41-12-9-34(10-13-41)32(44)42(45)30(40-34)27-21-28(35(36,37)38)23-29(22-27)50-18-17-49-16-15-48-14-11-39-5/h6-7,20-23,39,45H,8-19H2,1-5H3. The van der Waals surface area contributed by atoms with Crippen LogP contribution in [0.1, 0.15) is 66.2 Å². The number of amides is 1. The number of esters is 1. The maximum Gasteiger partial charge on any atom is 0.416 e. The van der Waals surface area contributed by atoms with Crippen molar-refractivity contribution in [2.24, 2.45) is 4.99 Å². The van der Waals surface area contributed by atoms with Crippen LogP contribution in [-0.4, -0.2) is 117 Å². The number of halogens is 3. The van der Waals surface area contributed by atoms with E-state index in [9.17, 15) is 36.4 Å². The van der Waals surface area contributed by atoms with E-state index in [0.717, 1.165) is 23.3 Å². The number of aryl methyl sites for hydroxylation is 2. The summed E-state index contributed by atoms with van der Waals surface area (Å²) in [6, 6.07) is 7.76. The number of benzene rings is 2. The first-order valence-electron chi connectivity index (χ1n) is 16.9. The Hall–Kier alpha value is -3.61. The number of alkyl halides is 3. The fourth-order valence-corrected chi connectivity index (χ4v) is 7.21. The summed E-state index contributed by atoms with van der Waals surface area (Å²) in [6.45, 7) is 8.70. The van der Waals surface area contributed by atoms with Gasteiger partial charge in [-0.2, -0.15) is 18.2 Å². The summed E-state index contributed by atoms with van der Waals surface area (Å²) in [5, 5.41) is 13.9. The number of hydrogen-bond donors (Lipinski definition) is 2. The molecular weight excluding hydrogens is 709 g/mol. The Morgan fingerprint density at radius 3 is 2.27 bits per heavy atom. The molecule has 13 nitrogen and oxygen atoms in total. The third-order valence-electron chi connectivity index (χ3n) is 8.52. The predicted octanol–water partition coefficient (Wildman–Crippen LogP) is 3.99. The van der Waals surface area contributed by atoms with Crippen LogP contribution in [0.2, 0.25) is 0 Å². The molecule has 288 valence electrons. The second kappa shape index (κ2) is 17.0. The zero-order valence-corrected chi connectivity index (χ0v) is 30.9. The second-order valence-corrected chi connectivity index (χ2v) is 15.7. The van der Waals surface area contributed by atoms with Crippen molar-refractivity contribution in [3.8, 4) is 5.75 Å². The minimum Gasteiger partial charge on any atom is -0.491 e. The maximum atomic E-state index is 13.9. The number of rotatable bonds is 16. The van der Waals surface area contributed by atoms with E-state index < -0.39 is 50.6 Å². The largest absolute Gasteiger partial charge is 0.491 e. The number of likely N-dealkylation sites (N-methyl/N-ethyl adjacent to an activating group) is 1. The molecule has 52 heavy (non-hydrogen) atoms. The number of carbonyl (C=O) groups excluding carboxylic acids is 2. The molecule has 1 amide bonds. The molecule has 2 aliphatic rings. The smallest absolute Gasteiger partial charge is 0.416 e. The van der Waals surface area contributed by atoms with Crippen molar-refractivity contribution in [2.45, 2.75) is 64.3 Å². The zero-order valence-electron chi connectivity index (χ0n) is 30.0. The topological polar surface area (TPSA) is 156 Å². The average Bonchev–Trinajstić information content (AvgIpc) is 3.30. The molecule has 1 saturated heterocycles. The lowest BCUT2D eigenvalue weighted by molar-refractivity contribution is -0.153. The number of nitrogens with one attached hydrogen (secondary N) is 1. The molecular formula is C35H47F3N4O9S. The molecule has 0 saturated carbocycles. The molecule has 17 heteroatoms. The highest BCUT2D eigenvalue weighted by Crippen LogP contribution is 2.38. The Morgan fingerprint density at radius 1 is 1.00 bits per heavy atom. The van der Waals surface area contributed by atoms with Gasteiger partial charge in [0.1, 0.15) is 23.5 Å². The van der Waals surface area contributed by atoms with Gasteiger partial charge in [0.05, 0.1) is 43.3 Å². The van der Waals surface area contributed by atoms with Crippen molar-refractivity contribution < 1.29 is 55.3 Å². The molecule has 1 fully saturated rings. The van der Waals surface area contributed by atoms with E-state index >= 15 is 0 Å². The van der Waals surface area contributed by atoms with Gasteiger partial charge < -0.3 is 24.3 Å². The first kappa shape index (κ1) is 41.2. The fourth-order valence-electron chi connectivity index (χ4n) is 5.74. The normalized spacial score (nSPS) is 16.8. The highest BCUT2D eigenvalue weighted by atomic mass is 32.2. The van der Waals surface area contributed by atoms with Crippen molar-refractivity contribution in [1.82, 2.24) is 14.7 Å². The van der Waals surface area contributed by atoms with Crippen molar-refractivity contribution in [3.63, 3.8) is 0 Å². The molecule has 0 radical (unpaired) electrons. The average molecular weight is 757 g/mol. The van der Waals surface area contributed by atoms with E-state index in [0.29, 0.717) is 25.3 Å². The summed E-state index contributed by atoms with van der Waals surface area (Å²) >= 11 is 0. The van der Waals surface area contributed by atoms with Gasteiger partial charge in [0.2, 0.25) is 10.0 Å². The highest BCUT2D eigenvalue weighted by molar-refractivity contribution is 7.89. The van der Waals surface area contributed by atoms with Gasteiger partial charge >= 0.3 is 12.1 Å². The zero-order chi connectivity index (χ0) is 38.3. The molecule has 1 spiro atoms. The van der Waals surface area contributed by atoms with Crippen LogP contribution in [0.4, 0.5) is 13.2 Å². The maximum absolute atomic E-state index is 13.9. The SMILES string of the molecule is CNCCOCCOCCOc1cc(C2=NC3(CCN(S(=O)(=O)CCc4ccc(C(=O)OC(C)(C)C)cc4C)CC3)C(=O)N2O)cc(C(F)(F)F)c1. The number of hydroxylamine groups is 2. The van der Waals surface area contributed by atoms with Gasteiger partial charge in [0, 0.05) is 25.2 Å². The third kappa shape index (κ3) is 10.7. The molecule has 0 unspecified atom stereocenters. The van der Waals surface area contributed by atoms with E-state index in [2.05, 4.69) is 10.3 Å². The Balaban J connectivity index is 1.40. The lowest BCUT2D eigenvalue weighted by atomic mass is 9.89. The van der Waals surface area contributed by atoms with Crippen LogP contribution >= 0.6 is 0 Å². The molecule has 2 aromatic rings. The quantitative estimate of drug-likeness (QED) is 0.146. The van der Waals surface area contributed by atoms with Crippen LogP contribution in [0.3, 0.4) is 0 Å². The summed E-state index contributed by atoms with van der Waals surface area (Å²) in [5.74, 6) is -2.13. The number of nitrogens with zero attached hydrogens (tertiary/aromatic N) is 3. The molecule has 2 N–H and O–H groups in total. The van der Waals surface area contributed by atoms with Gasteiger partial charge in [-0.05, 0) is 95.5 Å². The monoisotopic (exact) mass is 756 g/mol. The van der Waals surface area contributed by atoms with Gasteiger partial charge in [0.15, 0.2) is 5.84 Å². The summed E-state index contributed by atoms with van der Waals surface area (Å²) in [7, 11) is -2.00. The van der Waals surface area contributed by atoms with Gasteiger partial charge in [-0.15, -0.1) is 0 Å². The molecule has 2 aromatic carbocycles. The van der Waals surface area contributed by atoms with Gasteiger partial charge in [-0.1, -0.05) is 6.07 Å². The molecule has 0 atom stereocenters. The fraction of sp³-hybridized carbons (Fsp3) is 0.571. The van der Waals surface area contributed by atoms with Crippen molar-refractivity contribution in [2.75, 3.05) is 65.5 Å². The van der Waals surface area contributed by atoms with E-state index in [1.54, 1.807) is 52.9 Å². The Morgan fingerprint density at radius 2 is 1.65 bits per heavy atom. The number of amidine groups is 1.